The van der Waals surface area contributed by atoms with Gasteiger partial charge in [0.2, 0.25) is 11.8 Å². The fourth-order valence-corrected chi connectivity index (χ4v) is 5.07. The number of aromatic amines is 2. The maximum absolute atomic E-state index is 11.7. The van der Waals surface area contributed by atoms with Gasteiger partial charge < -0.3 is 55.9 Å². The van der Waals surface area contributed by atoms with Crippen LogP contribution in [0.15, 0.2) is 42.6 Å². The number of aromatic hydroxyl groups is 1. The normalized spacial score (nSPS) is 26.8. The molecule has 2 fully saturated rings. The third-order valence-electron chi connectivity index (χ3n) is 7.47. The zero-order valence-electron chi connectivity index (χ0n) is 24.4. The molecule has 48 heavy (non-hydrogen) atoms. The van der Waals surface area contributed by atoms with Crippen molar-refractivity contribution in [3.8, 4) is 5.88 Å². The molecule has 0 saturated carbocycles. The smallest absolute Gasteiger partial charge is 0.280 e. The molecule has 254 valence electrons. The van der Waals surface area contributed by atoms with Crippen molar-refractivity contribution in [1.82, 2.24) is 59.0 Å². The average molecular weight is 672 g/mol. The first kappa shape index (κ1) is 32.7. The van der Waals surface area contributed by atoms with Crippen LogP contribution in [0.2, 0.25) is 0 Å². The number of nitrogens with one attached hydrogen (secondary N) is 2. The molecule has 8 rings (SSSR count). The van der Waals surface area contributed by atoms with E-state index in [9.17, 15) is 30.3 Å². The van der Waals surface area contributed by atoms with Crippen LogP contribution in [0.1, 0.15) is 12.5 Å². The molecule has 0 amide bonds. The second-order valence-corrected chi connectivity index (χ2v) is 10.4. The van der Waals surface area contributed by atoms with Crippen LogP contribution in [-0.4, -0.2) is 145 Å². The van der Waals surface area contributed by atoms with Gasteiger partial charge in [0, 0.05) is 0 Å². The molecular weight excluding hydrogens is 642 g/mol. The Hall–Kier alpha value is -5.27. The molecule has 2 saturated heterocycles. The number of aliphatic hydroxyl groups is 6. The molecule has 2 aliphatic rings. The van der Waals surface area contributed by atoms with Crippen molar-refractivity contribution in [3.05, 3.63) is 48.2 Å². The number of H-pyrrole nitrogens is 2. The van der Waals surface area contributed by atoms with Gasteiger partial charge in [-0.05, 0) is 0 Å². The summed E-state index contributed by atoms with van der Waals surface area (Å²) >= 11 is 0. The number of imidazole rings is 3. The highest BCUT2D eigenvalue weighted by atomic mass is 16.6. The molecule has 0 unspecified atom stereocenters. The highest BCUT2D eigenvalue weighted by Crippen LogP contribution is 2.32. The summed E-state index contributed by atoms with van der Waals surface area (Å²) in [5, 5.41) is 66.9. The molecule has 0 aromatic carbocycles. The minimum Gasteiger partial charge on any atom is -0.492 e. The average Bonchev–Trinajstić information content (AvgIpc) is 3.91. The standard InChI is InChI=1S/C10H13N5O5.C10H12N4O5.C5H4N4/c11-10-13-7-4(8(19)14-10)12-2-15(7)9-6(18)5(17)3(1-16)20-9;15-1-4-6(16)7(17)10(19-4)14-3-13-5-8(14)11-2-12-9(5)18;1-4-5(8-2-6-1)9-3-7-4/h2-3,5-6,9,16-18H,1H2,(H3,11,13,14,19);2-4,6-7,10,15-17H,1H2,(H,11,12,18);1-3H,(H,6,7,8,9)/t3-,5-,6-,9-;4-,6-,7-,10-;/m11./s1. The highest BCUT2D eigenvalue weighted by Gasteiger charge is 2.45. The summed E-state index contributed by atoms with van der Waals surface area (Å²) < 4.78 is 13.4. The maximum Gasteiger partial charge on any atom is 0.280 e. The SMILES string of the molecule is Nc1nc2c(ncn2[C@@H]2O[C@H](CO)[C@@H](O)[C@H]2O)c(=O)[nH]1.OC[C@H]1O[C@@H](n2cnc3c(O)ncnc32)[C@H](O)[C@@H]1O.c1ncc2[nH]cnc2n1. The van der Waals surface area contributed by atoms with E-state index < -0.39 is 67.9 Å². The summed E-state index contributed by atoms with van der Waals surface area (Å²) in [5.41, 5.74) is 7.13. The van der Waals surface area contributed by atoms with Gasteiger partial charge in [0.05, 0.1) is 38.4 Å². The minimum absolute atomic E-state index is 0.0388. The zero-order valence-corrected chi connectivity index (χ0v) is 24.4. The molecule has 11 N–H and O–H groups in total. The Labute approximate surface area is 266 Å². The van der Waals surface area contributed by atoms with Crippen LogP contribution in [-0.2, 0) is 9.47 Å². The van der Waals surface area contributed by atoms with Gasteiger partial charge >= 0.3 is 0 Å². The van der Waals surface area contributed by atoms with Crippen LogP contribution in [0.3, 0.4) is 0 Å². The van der Waals surface area contributed by atoms with Crippen molar-refractivity contribution in [2.75, 3.05) is 18.9 Å². The highest BCUT2D eigenvalue weighted by molar-refractivity contribution is 5.75. The Bertz CT molecular complexity index is 2040. The number of hydrogen-bond acceptors (Lipinski definition) is 19. The number of nitrogens with two attached hydrogens (primary N) is 1. The first-order valence-electron chi connectivity index (χ1n) is 14.1. The second kappa shape index (κ2) is 13.5. The molecule has 0 bridgehead atoms. The molecule has 8 atom stereocenters. The number of aliphatic hydroxyl groups excluding tert-OH is 6. The van der Waals surface area contributed by atoms with Gasteiger partial charge in [-0.15, -0.1) is 0 Å². The summed E-state index contributed by atoms with van der Waals surface area (Å²) in [5.74, 6) is -0.383. The Kier molecular flexibility index (Phi) is 9.16. The fraction of sp³-hybridized carbons (Fsp3) is 0.400. The molecule has 0 radical (unpaired) electrons. The number of fused-ring (bicyclic) bond motifs is 3. The summed E-state index contributed by atoms with van der Waals surface area (Å²) in [7, 11) is 0. The van der Waals surface area contributed by atoms with Gasteiger partial charge in [0.25, 0.3) is 5.56 Å². The number of nitrogens with zero attached hydrogens (tertiary/aromatic N) is 10. The quantitative estimate of drug-likeness (QED) is 0.0849. The number of ether oxygens (including phenoxy) is 2. The van der Waals surface area contributed by atoms with Crippen molar-refractivity contribution in [2.24, 2.45) is 0 Å². The summed E-state index contributed by atoms with van der Waals surface area (Å²) in [4.78, 5) is 47.7. The molecule has 23 heteroatoms. The van der Waals surface area contributed by atoms with Gasteiger partial charge in [-0.25, -0.2) is 29.9 Å². The van der Waals surface area contributed by atoms with E-state index in [0.717, 1.165) is 11.8 Å². The fourth-order valence-electron chi connectivity index (χ4n) is 5.07. The van der Waals surface area contributed by atoms with Crippen LogP contribution < -0.4 is 11.3 Å². The van der Waals surface area contributed by atoms with Gasteiger partial charge in [-0.2, -0.15) is 9.97 Å². The summed E-state index contributed by atoms with van der Waals surface area (Å²) in [6.07, 6.45) is -0.239. The van der Waals surface area contributed by atoms with E-state index in [0.29, 0.717) is 5.65 Å². The Balaban J connectivity index is 0.000000134. The lowest BCUT2D eigenvalue weighted by atomic mass is 10.1. The van der Waals surface area contributed by atoms with E-state index in [1.807, 2.05) is 0 Å². The topological polar surface area (TPSA) is 348 Å². The van der Waals surface area contributed by atoms with E-state index in [2.05, 4.69) is 49.8 Å². The Morgan fingerprint density at radius 3 is 2.02 bits per heavy atom. The molecule has 0 spiro atoms. The van der Waals surface area contributed by atoms with Crippen molar-refractivity contribution in [1.29, 1.82) is 0 Å². The number of hydrogen-bond donors (Lipinski definition) is 10. The monoisotopic (exact) mass is 671 g/mol. The van der Waals surface area contributed by atoms with E-state index in [-0.39, 0.29) is 34.2 Å². The maximum atomic E-state index is 11.7. The van der Waals surface area contributed by atoms with Crippen molar-refractivity contribution < 1.29 is 45.2 Å². The van der Waals surface area contributed by atoms with E-state index >= 15 is 0 Å². The Morgan fingerprint density at radius 1 is 0.792 bits per heavy atom. The number of aromatic nitrogens is 12. The van der Waals surface area contributed by atoms with E-state index in [4.69, 9.17) is 25.4 Å². The number of rotatable bonds is 4. The lowest BCUT2D eigenvalue weighted by molar-refractivity contribution is -0.0511. The molecule has 2 aliphatic heterocycles. The summed E-state index contributed by atoms with van der Waals surface area (Å²) in [6.45, 7) is -0.862. The summed E-state index contributed by atoms with van der Waals surface area (Å²) in [6, 6.07) is 0. The first-order chi connectivity index (χ1) is 23.1. The Morgan fingerprint density at radius 2 is 1.42 bits per heavy atom. The van der Waals surface area contributed by atoms with E-state index in [1.165, 1.54) is 28.1 Å². The van der Waals surface area contributed by atoms with Crippen molar-refractivity contribution >= 4 is 39.4 Å². The minimum atomic E-state index is -1.29. The molecule has 6 aromatic heterocycles. The predicted molar refractivity (Wildman–Crippen MR) is 157 cm³/mol. The van der Waals surface area contributed by atoms with Crippen LogP contribution in [0.5, 0.6) is 5.88 Å². The molecule has 8 heterocycles. The third kappa shape index (κ3) is 5.98. The molecular formula is C25H29N13O10. The third-order valence-corrected chi connectivity index (χ3v) is 7.47. The van der Waals surface area contributed by atoms with Gasteiger partial charge in [0.1, 0.15) is 54.8 Å². The van der Waals surface area contributed by atoms with Crippen molar-refractivity contribution in [3.63, 3.8) is 0 Å². The van der Waals surface area contributed by atoms with Crippen LogP contribution in [0.25, 0.3) is 33.5 Å². The lowest BCUT2D eigenvalue weighted by Crippen LogP contribution is -2.33. The van der Waals surface area contributed by atoms with Crippen molar-refractivity contribution in [2.45, 2.75) is 49.1 Å². The van der Waals surface area contributed by atoms with Crippen LogP contribution >= 0.6 is 0 Å². The first-order valence-corrected chi connectivity index (χ1v) is 14.1. The van der Waals surface area contributed by atoms with Gasteiger partial charge in [-0.1, -0.05) is 0 Å². The number of anilines is 1. The van der Waals surface area contributed by atoms with E-state index in [1.54, 1.807) is 12.5 Å². The lowest BCUT2D eigenvalue weighted by Gasteiger charge is -2.16. The van der Waals surface area contributed by atoms with Gasteiger partial charge in [0.15, 0.2) is 40.4 Å². The molecule has 6 aromatic rings. The largest absolute Gasteiger partial charge is 0.492 e. The predicted octanol–water partition coefficient (Wildman–Crippen LogP) is -4.19. The van der Waals surface area contributed by atoms with Crippen LogP contribution in [0, 0.1) is 0 Å². The van der Waals surface area contributed by atoms with Crippen LogP contribution in [0.4, 0.5) is 5.95 Å². The number of nitrogen functional groups attached to an aromatic ring is 1. The van der Waals surface area contributed by atoms with Gasteiger partial charge in [-0.3, -0.25) is 18.9 Å². The molecule has 23 nitrogen and oxygen atoms in total. The zero-order chi connectivity index (χ0) is 34.1. The second-order valence-electron chi connectivity index (χ2n) is 10.4. The molecule has 0 aliphatic carbocycles.